The van der Waals surface area contributed by atoms with Crippen molar-refractivity contribution in [2.45, 2.75) is 77.3 Å². The van der Waals surface area contributed by atoms with E-state index in [4.69, 9.17) is 5.11 Å². The van der Waals surface area contributed by atoms with Gasteiger partial charge in [-0.2, -0.15) is 0 Å². The Balaban J connectivity index is 2.06. The van der Waals surface area contributed by atoms with Gasteiger partial charge >= 0.3 is 0 Å². The normalized spacial score (nSPS) is 21.9. The summed E-state index contributed by atoms with van der Waals surface area (Å²) in [6.45, 7) is 4.73. The van der Waals surface area contributed by atoms with Crippen molar-refractivity contribution >= 4 is 0 Å². The van der Waals surface area contributed by atoms with E-state index in [1.54, 1.807) is 0 Å². The van der Waals surface area contributed by atoms with Crippen LogP contribution in [0.1, 0.15) is 65.2 Å². The van der Waals surface area contributed by atoms with Crippen LogP contribution in [0.25, 0.3) is 0 Å². The van der Waals surface area contributed by atoms with Crippen molar-refractivity contribution in [3.8, 4) is 0 Å². The first-order valence-corrected chi connectivity index (χ1v) is 7.09. The van der Waals surface area contributed by atoms with E-state index in [9.17, 15) is 0 Å². The van der Waals surface area contributed by atoms with Crippen LogP contribution in [-0.4, -0.2) is 23.8 Å². The fourth-order valence-corrected chi connectivity index (χ4v) is 2.81. The third-order valence-electron chi connectivity index (χ3n) is 3.86. The van der Waals surface area contributed by atoms with Gasteiger partial charge in [0.05, 0.1) is 0 Å². The summed E-state index contributed by atoms with van der Waals surface area (Å²) in [7, 11) is 0. The molecule has 0 bridgehead atoms. The summed E-state index contributed by atoms with van der Waals surface area (Å²) in [5, 5.41) is 12.4. The highest BCUT2D eigenvalue weighted by Gasteiger charge is 2.15. The van der Waals surface area contributed by atoms with Crippen LogP contribution in [0.15, 0.2) is 0 Å². The molecule has 2 nitrogen and oxygen atoms in total. The zero-order valence-electron chi connectivity index (χ0n) is 11.0. The number of aliphatic hydroxyl groups excluding tert-OH is 1. The molecular formula is C14H29NO. The van der Waals surface area contributed by atoms with Crippen molar-refractivity contribution < 1.29 is 5.11 Å². The summed E-state index contributed by atoms with van der Waals surface area (Å²) in [5.74, 6) is 0.992. The molecule has 0 heterocycles. The Kier molecular flexibility index (Phi) is 7.06. The summed E-state index contributed by atoms with van der Waals surface area (Å²) >= 11 is 0. The lowest BCUT2D eigenvalue weighted by Gasteiger charge is -2.24. The van der Waals surface area contributed by atoms with E-state index in [0.29, 0.717) is 18.7 Å². The van der Waals surface area contributed by atoms with Crippen LogP contribution < -0.4 is 5.32 Å². The predicted molar refractivity (Wildman–Crippen MR) is 69.6 cm³/mol. The zero-order valence-corrected chi connectivity index (χ0v) is 11.0. The molecule has 1 rings (SSSR count). The van der Waals surface area contributed by atoms with Gasteiger partial charge in [0.1, 0.15) is 0 Å². The summed E-state index contributed by atoms with van der Waals surface area (Å²) in [6.07, 6.45) is 10.8. The largest absolute Gasteiger partial charge is 0.396 e. The van der Waals surface area contributed by atoms with Crippen molar-refractivity contribution in [2.24, 2.45) is 5.92 Å². The van der Waals surface area contributed by atoms with Crippen molar-refractivity contribution in [1.82, 2.24) is 5.32 Å². The Morgan fingerprint density at radius 1 is 1.06 bits per heavy atom. The van der Waals surface area contributed by atoms with Crippen LogP contribution in [-0.2, 0) is 0 Å². The van der Waals surface area contributed by atoms with Gasteiger partial charge in [-0.3, -0.25) is 0 Å². The second-order valence-electron chi connectivity index (χ2n) is 5.56. The monoisotopic (exact) mass is 227 g/mol. The fourth-order valence-electron chi connectivity index (χ4n) is 2.81. The summed E-state index contributed by atoms with van der Waals surface area (Å²) in [4.78, 5) is 0. The van der Waals surface area contributed by atoms with Gasteiger partial charge in [0.15, 0.2) is 0 Å². The predicted octanol–water partition coefficient (Wildman–Crippen LogP) is 3.10. The van der Waals surface area contributed by atoms with Crippen LogP contribution in [0.3, 0.4) is 0 Å². The summed E-state index contributed by atoms with van der Waals surface area (Å²) in [5.41, 5.74) is 0. The molecule has 1 aliphatic carbocycles. The van der Waals surface area contributed by atoms with Crippen LogP contribution in [0.4, 0.5) is 0 Å². The second-order valence-corrected chi connectivity index (χ2v) is 5.56. The summed E-state index contributed by atoms with van der Waals surface area (Å²) in [6, 6.07) is 1.05. The number of nitrogens with one attached hydrogen (secondary N) is 1. The average Bonchev–Trinajstić information content (AvgIpc) is 2.28. The topological polar surface area (TPSA) is 32.3 Å². The Morgan fingerprint density at radius 2 is 1.69 bits per heavy atom. The third-order valence-corrected chi connectivity index (χ3v) is 3.86. The SMILES string of the molecule is CC(CCC1CCCCC1)N[C@H](C)CCO. The molecule has 0 saturated heterocycles. The average molecular weight is 227 g/mol. The van der Waals surface area contributed by atoms with E-state index in [0.717, 1.165) is 12.3 Å². The van der Waals surface area contributed by atoms with Gasteiger partial charge < -0.3 is 10.4 Å². The van der Waals surface area contributed by atoms with E-state index in [2.05, 4.69) is 19.2 Å². The van der Waals surface area contributed by atoms with Gasteiger partial charge in [0.25, 0.3) is 0 Å². The van der Waals surface area contributed by atoms with E-state index in [1.165, 1.54) is 44.9 Å². The van der Waals surface area contributed by atoms with E-state index in [-0.39, 0.29) is 0 Å². The maximum Gasteiger partial charge on any atom is 0.0445 e. The maximum atomic E-state index is 8.84. The highest BCUT2D eigenvalue weighted by atomic mass is 16.3. The first-order valence-electron chi connectivity index (χ1n) is 7.09. The van der Waals surface area contributed by atoms with E-state index in [1.807, 2.05) is 0 Å². The number of hydrogen-bond donors (Lipinski definition) is 2. The standard InChI is InChI=1S/C14H29NO/c1-12(15-13(2)10-11-16)8-9-14-6-4-3-5-7-14/h12-16H,3-11H2,1-2H3/t12?,13-/m1/s1. The highest BCUT2D eigenvalue weighted by Crippen LogP contribution is 2.27. The first kappa shape index (κ1) is 14.0. The van der Waals surface area contributed by atoms with Gasteiger partial charge in [-0.05, 0) is 39.0 Å². The van der Waals surface area contributed by atoms with E-state index >= 15 is 0 Å². The Hall–Kier alpha value is -0.0800. The number of aliphatic hydroxyl groups is 1. The quantitative estimate of drug-likeness (QED) is 0.700. The smallest absolute Gasteiger partial charge is 0.0445 e. The molecule has 0 spiro atoms. The van der Waals surface area contributed by atoms with Crippen molar-refractivity contribution in [3.63, 3.8) is 0 Å². The molecule has 0 aromatic carbocycles. The molecule has 2 atom stereocenters. The number of hydrogen-bond acceptors (Lipinski definition) is 2. The van der Waals surface area contributed by atoms with Crippen LogP contribution in [0, 0.1) is 5.92 Å². The number of rotatable bonds is 7. The third kappa shape index (κ3) is 5.86. The van der Waals surface area contributed by atoms with Gasteiger partial charge in [0.2, 0.25) is 0 Å². The van der Waals surface area contributed by atoms with Crippen molar-refractivity contribution in [1.29, 1.82) is 0 Å². The molecule has 1 aliphatic rings. The minimum atomic E-state index is 0.295. The molecule has 1 unspecified atom stereocenters. The highest BCUT2D eigenvalue weighted by molar-refractivity contribution is 4.71. The molecule has 0 aromatic rings. The molecule has 16 heavy (non-hydrogen) atoms. The Labute approximate surface area is 101 Å². The molecule has 96 valence electrons. The van der Waals surface area contributed by atoms with Gasteiger partial charge in [-0.1, -0.05) is 32.1 Å². The molecule has 0 amide bonds. The minimum absolute atomic E-state index is 0.295. The fraction of sp³-hybridized carbons (Fsp3) is 1.00. The van der Waals surface area contributed by atoms with Gasteiger partial charge in [-0.15, -0.1) is 0 Å². The Morgan fingerprint density at radius 3 is 2.31 bits per heavy atom. The van der Waals surface area contributed by atoms with Gasteiger partial charge in [-0.25, -0.2) is 0 Å². The first-order chi connectivity index (χ1) is 7.72. The van der Waals surface area contributed by atoms with E-state index < -0.39 is 0 Å². The Bertz CT molecular complexity index is 166. The molecule has 2 N–H and O–H groups in total. The lowest BCUT2D eigenvalue weighted by molar-refractivity contribution is 0.258. The van der Waals surface area contributed by atoms with Crippen LogP contribution in [0.5, 0.6) is 0 Å². The molecule has 0 aromatic heterocycles. The molecule has 2 heteroatoms. The maximum absolute atomic E-state index is 8.84. The lowest BCUT2D eigenvalue weighted by atomic mass is 9.85. The zero-order chi connectivity index (χ0) is 11.8. The molecule has 1 fully saturated rings. The summed E-state index contributed by atoms with van der Waals surface area (Å²) < 4.78 is 0. The van der Waals surface area contributed by atoms with Crippen molar-refractivity contribution in [3.05, 3.63) is 0 Å². The molecule has 0 radical (unpaired) electrons. The van der Waals surface area contributed by atoms with Gasteiger partial charge in [0, 0.05) is 18.7 Å². The second kappa shape index (κ2) is 8.08. The van der Waals surface area contributed by atoms with Crippen molar-refractivity contribution in [2.75, 3.05) is 6.61 Å². The molecule has 0 aliphatic heterocycles. The van der Waals surface area contributed by atoms with Crippen LogP contribution in [0.2, 0.25) is 0 Å². The lowest BCUT2D eigenvalue weighted by Crippen LogP contribution is -2.35. The minimum Gasteiger partial charge on any atom is -0.396 e. The molecule has 1 saturated carbocycles. The molecular weight excluding hydrogens is 198 g/mol. The van der Waals surface area contributed by atoms with Crippen LogP contribution >= 0.6 is 0 Å².